The van der Waals surface area contributed by atoms with Crippen molar-refractivity contribution in [1.29, 1.82) is 0 Å². The van der Waals surface area contributed by atoms with Crippen LogP contribution in [0, 0.1) is 5.92 Å². The molecular formula is C10H7ClF6N2O. The molecule has 0 saturated heterocycles. The molecule has 1 rings (SSSR count). The highest BCUT2D eigenvalue weighted by atomic mass is 35.5. The summed E-state index contributed by atoms with van der Waals surface area (Å²) in [6, 6.07) is 3.34. The zero-order valence-electron chi connectivity index (χ0n) is 9.44. The SMILES string of the molecule is Nc1ccc(Cl)cc1NC(=O)C(C(F)(F)F)C(F)(F)F. The Morgan fingerprint density at radius 3 is 2.10 bits per heavy atom. The van der Waals surface area contributed by atoms with Gasteiger partial charge in [-0.05, 0) is 18.2 Å². The lowest BCUT2D eigenvalue weighted by molar-refractivity contribution is -0.272. The van der Waals surface area contributed by atoms with E-state index < -0.39 is 29.9 Å². The van der Waals surface area contributed by atoms with Crippen molar-refractivity contribution in [2.45, 2.75) is 12.4 Å². The van der Waals surface area contributed by atoms with E-state index in [1.165, 1.54) is 11.4 Å². The zero-order valence-corrected chi connectivity index (χ0v) is 10.2. The van der Waals surface area contributed by atoms with Crippen LogP contribution in [-0.2, 0) is 4.79 Å². The van der Waals surface area contributed by atoms with Crippen molar-refractivity contribution in [1.82, 2.24) is 0 Å². The molecule has 3 N–H and O–H groups in total. The van der Waals surface area contributed by atoms with Crippen molar-refractivity contribution in [2.75, 3.05) is 11.1 Å². The number of carbonyl (C=O) groups is 1. The van der Waals surface area contributed by atoms with Gasteiger partial charge in [0, 0.05) is 5.02 Å². The summed E-state index contributed by atoms with van der Waals surface area (Å²) in [5.74, 6) is -6.42. The van der Waals surface area contributed by atoms with Gasteiger partial charge in [-0.25, -0.2) is 0 Å². The van der Waals surface area contributed by atoms with Gasteiger partial charge in [0.05, 0.1) is 11.4 Å². The molecule has 1 amide bonds. The average molecular weight is 321 g/mol. The van der Waals surface area contributed by atoms with Gasteiger partial charge < -0.3 is 11.1 Å². The van der Waals surface area contributed by atoms with Crippen LogP contribution in [0.4, 0.5) is 37.7 Å². The molecule has 0 bridgehead atoms. The Hall–Kier alpha value is -1.64. The van der Waals surface area contributed by atoms with E-state index in [0.29, 0.717) is 0 Å². The van der Waals surface area contributed by atoms with Gasteiger partial charge in [-0.3, -0.25) is 4.79 Å². The molecule has 0 radical (unpaired) electrons. The van der Waals surface area contributed by atoms with Crippen LogP contribution >= 0.6 is 11.6 Å². The fourth-order valence-corrected chi connectivity index (χ4v) is 1.50. The minimum atomic E-state index is -5.77. The van der Waals surface area contributed by atoms with Gasteiger partial charge in [0.25, 0.3) is 0 Å². The van der Waals surface area contributed by atoms with Crippen LogP contribution in [0.15, 0.2) is 18.2 Å². The quantitative estimate of drug-likeness (QED) is 0.646. The van der Waals surface area contributed by atoms with Crippen molar-refractivity contribution in [3.63, 3.8) is 0 Å². The molecule has 20 heavy (non-hydrogen) atoms. The van der Waals surface area contributed by atoms with Gasteiger partial charge in [0.2, 0.25) is 11.8 Å². The van der Waals surface area contributed by atoms with Crippen LogP contribution in [0.1, 0.15) is 0 Å². The first-order valence-corrected chi connectivity index (χ1v) is 5.30. The van der Waals surface area contributed by atoms with Crippen molar-refractivity contribution < 1.29 is 31.1 Å². The Labute approximate surface area is 113 Å². The Morgan fingerprint density at radius 1 is 1.15 bits per heavy atom. The number of alkyl halides is 6. The summed E-state index contributed by atoms with van der Waals surface area (Å²) in [5.41, 5.74) is 4.67. The van der Waals surface area contributed by atoms with Crippen LogP contribution in [0.25, 0.3) is 0 Å². The minimum Gasteiger partial charge on any atom is -0.397 e. The molecule has 0 aromatic heterocycles. The molecular weight excluding hydrogens is 314 g/mol. The topological polar surface area (TPSA) is 55.1 Å². The molecule has 0 fully saturated rings. The highest BCUT2D eigenvalue weighted by Crippen LogP contribution is 2.40. The number of nitrogen functional groups attached to an aromatic ring is 1. The molecule has 0 heterocycles. The van der Waals surface area contributed by atoms with Crippen LogP contribution in [0.5, 0.6) is 0 Å². The van der Waals surface area contributed by atoms with Crippen LogP contribution in [0.3, 0.4) is 0 Å². The lowest BCUT2D eigenvalue weighted by Gasteiger charge is -2.22. The molecule has 1 aromatic rings. The zero-order chi connectivity index (χ0) is 15.7. The first-order chi connectivity index (χ1) is 8.93. The third-order valence-corrected chi connectivity index (χ3v) is 2.43. The molecule has 0 aliphatic carbocycles. The maximum atomic E-state index is 12.3. The Morgan fingerprint density at radius 2 is 1.65 bits per heavy atom. The van der Waals surface area contributed by atoms with Gasteiger partial charge in [-0.2, -0.15) is 26.3 Å². The number of hydrogen-bond donors (Lipinski definition) is 2. The largest absolute Gasteiger partial charge is 0.409 e. The van der Waals surface area contributed by atoms with Crippen molar-refractivity contribution in [2.24, 2.45) is 5.92 Å². The maximum Gasteiger partial charge on any atom is 0.409 e. The molecule has 0 saturated carbocycles. The molecule has 0 spiro atoms. The fraction of sp³-hybridized carbons (Fsp3) is 0.300. The van der Waals surface area contributed by atoms with E-state index in [2.05, 4.69) is 0 Å². The molecule has 0 aliphatic heterocycles. The number of anilines is 2. The second-order valence-corrected chi connectivity index (χ2v) is 4.17. The molecule has 1 aromatic carbocycles. The van der Waals surface area contributed by atoms with E-state index in [4.69, 9.17) is 17.3 Å². The van der Waals surface area contributed by atoms with E-state index in [-0.39, 0.29) is 10.7 Å². The Balaban J connectivity index is 3.07. The summed E-state index contributed by atoms with van der Waals surface area (Å²) < 4.78 is 73.9. The van der Waals surface area contributed by atoms with Gasteiger partial charge in [-0.15, -0.1) is 0 Å². The summed E-state index contributed by atoms with van der Waals surface area (Å²) in [6.45, 7) is 0. The lowest BCUT2D eigenvalue weighted by atomic mass is 10.1. The van der Waals surface area contributed by atoms with Gasteiger partial charge >= 0.3 is 12.4 Å². The van der Waals surface area contributed by atoms with Gasteiger partial charge in [0.15, 0.2) is 0 Å². The van der Waals surface area contributed by atoms with Crippen LogP contribution in [0.2, 0.25) is 5.02 Å². The van der Waals surface area contributed by atoms with Crippen molar-refractivity contribution in [3.05, 3.63) is 23.2 Å². The predicted molar refractivity (Wildman–Crippen MR) is 60.1 cm³/mol. The van der Waals surface area contributed by atoms with E-state index >= 15 is 0 Å². The highest BCUT2D eigenvalue weighted by Gasteiger charge is 2.61. The molecule has 10 heteroatoms. The Kier molecular flexibility index (Phi) is 4.42. The lowest BCUT2D eigenvalue weighted by Crippen LogP contribution is -2.45. The van der Waals surface area contributed by atoms with Crippen LogP contribution < -0.4 is 11.1 Å². The third-order valence-electron chi connectivity index (χ3n) is 2.19. The van der Waals surface area contributed by atoms with Crippen LogP contribution in [-0.4, -0.2) is 18.3 Å². The van der Waals surface area contributed by atoms with Crippen molar-refractivity contribution in [3.8, 4) is 0 Å². The summed E-state index contributed by atoms with van der Waals surface area (Å²) in [5, 5.41) is 1.47. The third kappa shape index (κ3) is 3.92. The number of benzene rings is 1. The standard InChI is InChI=1S/C10H7ClF6N2O/c11-4-1-2-5(18)6(3-4)19-8(20)7(9(12,13)14)10(15,16)17/h1-3,7H,18H2,(H,19,20). The second-order valence-electron chi connectivity index (χ2n) is 3.74. The summed E-state index contributed by atoms with van der Waals surface area (Å²) in [6.07, 6.45) is -11.5. The summed E-state index contributed by atoms with van der Waals surface area (Å²) in [4.78, 5) is 11.2. The number of nitrogens with two attached hydrogens (primary N) is 1. The number of hydrogen-bond acceptors (Lipinski definition) is 2. The molecule has 0 atom stereocenters. The number of rotatable bonds is 2. The fourth-order valence-electron chi connectivity index (χ4n) is 1.32. The smallest absolute Gasteiger partial charge is 0.397 e. The molecule has 3 nitrogen and oxygen atoms in total. The van der Waals surface area contributed by atoms with E-state index in [9.17, 15) is 31.1 Å². The normalized spacial score (nSPS) is 12.6. The van der Waals surface area contributed by atoms with E-state index in [0.717, 1.165) is 12.1 Å². The summed E-state index contributed by atoms with van der Waals surface area (Å²) in [7, 11) is 0. The number of amides is 1. The monoisotopic (exact) mass is 320 g/mol. The van der Waals surface area contributed by atoms with Gasteiger partial charge in [-0.1, -0.05) is 11.6 Å². The second kappa shape index (κ2) is 5.39. The number of halogens is 7. The van der Waals surface area contributed by atoms with E-state index in [1.807, 2.05) is 0 Å². The molecule has 0 unspecified atom stereocenters. The first-order valence-electron chi connectivity index (χ1n) is 4.92. The minimum absolute atomic E-state index is 0.00920. The summed E-state index contributed by atoms with van der Waals surface area (Å²) >= 11 is 5.51. The highest BCUT2D eigenvalue weighted by molar-refractivity contribution is 6.31. The molecule has 0 aliphatic rings. The van der Waals surface area contributed by atoms with Gasteiger partial charge in [0.1, 0.15) is 0 Å². The van der Waals surface area contributed by atoms with Crippen molar-refractivity contribution >= 4 is 28.9 Å². The van der Waals surface area contributed by atoms with E-state index in [1.54, 1.807) is 0 Å². The first kappa shape index (κ1) is 16.4. The average Bonchev–Trinajstić information content (AvgIpc) is 2.18. The molecule has 112 valence electrons. The predicted octanol–water partition coefficient (Wildman–Crippen LogP) is 3.60. The number of nitrogens with one attached hydrogen (secondary N) is 1. The number of carbonyl (C=O) groups excluding carboxylic acids is 1. The maximum absolute atomic E-state index is 12.3. The Bertz CT molecular complexity index is 499.